The number of aromatic nitrogens is 1. The first-order valence-corrected chi connectivity index (χ1v) is 6.78. The zero-order valence-corrected chi connectivity index (χ0v) is 13.1. The summed E-state index contributed by atoms with van der Waals surface area (Å²) < 4.78 is 10.9. The summed E-state index contributed by atoms with van der Waals surface area (Å²) in [5.41, 5.74) is -0.253. The molecule has 0 aliphatic carbocycles. The summed E-state index contributed by atoms with van der Waals surface area (Å²) in [6.45, 7) is 5.11. The molecule has 2 rings (SSSR count). The predicted octanol–water partition coefficient (Wildman–Crippen LogP) is 3.64. The van der Waals surface area contributed by atoms with Crippen molar-refractivity contribution in [3.8, 4) is 0 Å². The number of furan rings is 1. The molecule has 0 radical (unpaired) electrons. The van der Waals surface area contributed by atoms with E-state index in [-0.39, 0.29) is 16.8 Å². The molecule has 0 atom stereocenters. The van der Waals surface area contributed by atoms with E-state index in [1.54, 1.807) is 26.8 Å². The van der Waals surface area contributed by atoms with Crippen LogP contribution >= 0.6 is 15.9 Å². The van der Waals surface area contributed by atoms with Crippen LogP contribution in [-0.4, -0.2) is 27.8 Å². The van der Waals surface area contributed by atoms with Gasteiger partial charge in [0.2, 0.25) is 5.76 Å². The zero-order chi connectivity index (χ0) is 15.8. The van der Waals surface area contributed by atoms with Crippen LogP contribution in [0.4, 0.5) is 10.5 Å². The van der Waals surface area contributed by atoms with Crippen LogP contribution in [0.15, 0.2) is 21.2 Å². The van der Waals surface area contributed by atoms with E-state index in [0.717, 1.165) is 0 Å². The van der Waals surface area contributed by atoms with Crippen LogP contribution in [0.5, 0.6) is 0 Å². The van der Waals surface area contributed by atoms with Crippen molar-refractivity contribution in [3.05, 3.63) is 22.5 Å². The number of rotatable bonds is 2. The molecule has 7 nitrogen and oxygen atoms in total. The van der Waals surface area contributed by atoms with Crippen LogP contribution in [0.1, 0.15) is 31.3 Å². The molecule has 0 aliphatic rings. The first-order chi connectivity index (χ1) is 9.67. The molecular weight excluding hydrogens is 344 g/mol. The van der Waals surface area contributed by atoms with Gasteiger partial charge in [0.05, 0.1) is 0 Å². The number of hydrogen-bond donors (Lipinski definition) is 2. The lowest BCUT2D eigenvalue weighted by molar-refractivity contribution is 0.0635. The van der Waals surface area contributed by atoms with Gasteiger partial charge in [-0.2, -0.15) is 0 Å². The van der Waals surface area contributed by atoms with E-state index in [0.29, 0.717) is 4.47 Å². The summed E-state index contributed by atoms with van der Waals surface area (Å²) in [4.78, 5) is 27.1. The molecule has 0 aliphatic heterocycles. The van der Waals surface area contributed by atoms with E-state index in [2.05, 4.69) is 26.2 Å². The molecule has 1 amide bonds. The lowest BCUT2D eigenvalue weighted by Gasteiger charge is -2.19. The van der Waals surface area contributed by atoms with Crippen molar-refractivity contribution < 1.29 is 23.8 Å². The van der Waals surface area contributed by atoms with Crippen LogP contribution in [0, 0.1) is 0 Å². The number of carboxylic acid groups (broad SMARTS) is 1. The fraction of sp³-hybridized carbons (Fsp3) is 0.308. The molecule has 8 heteroatoms. The lowest BCUT2D eigenvalue weighted by Crippen LogP contribution is -2.27. The number of nitrogens with one attached hydrogen (secondary N) is 1. The first-order valence-electron chi connectivity index (χ1n) is 5.99. The maximum Gasteiger partial charge on any atom is 0.412 e. The summed E-state index contributed by atoms with van der Waals surface area (Å²) in [6.07, 6.45) is 0.696. The Bertz CT molecular complexity index is 717. The Kier molecular flexibility index (Phi) is 3.91. The normalized spacial score (nSPS) is 11.4. The van der Waals surface area contributed by atoms with Crippen molar-refractivity contribution >= 4 is 44.8 Å². The van der Waals surface area contributed by atoms with Gasteiger partial charge in [-0.1, -0.05) is 0 Å². The van der Waals surface area contributed by atoms with Gasteiger partial charge in [-0.05, 0) is 42.8 Å². The number of hydrogen-bond acceptors (Lipinski definition) is 5. The molecule has 2 aromatic rings. The summed E-state index contributed by atoms with van der Waals surface area (Å²) in [5.74, 6) is -1.71. The Morgan fingerprint density at radius 2 is 2.10 bits per heavy atom. The number of carboxylic acids is 1. The fourth-order valence-corrected chi connectivity index (χ4v) is 1.94. The Morgan fingerprint density at radius 1 is 1.43 bits per heavy atom. The van der Waals surface area contributed by atoms with Gasteiger partial charge >= 0.3 is 12.1 Å². The molecular formula is C13H13BrN2O5. The smallest absolute Gasteiger partial charge is 0.412 e. The quantitative estimate of drug-likeness (QED) is 0.851. The molecule has 2 aromatic heterocycles. The van der Waals surface area contributed by atoms with Crippen molar-refractivity contribution in [2.45, 2.75) is 26.4 Å². The number of halogens is 1. The van der Waals surface area contributed by atoms with Crippen LogP contribution in [0.2, 0.25) is 0 Å². The summed E-state index contributed by atoms with van der Waals surface area (Å²) in [5, 5.41) is 11.5. The van der Waals surface area contributed by atoms with Crippen molar-refractivity contribution in [1.29, 1.82) is 0 Å². The average Bonchev–Trinajstić information content (AvgIpc) is 2.64. The minimum atomic E-state index is -1.31. The van der Waals surface area contributed by atoms with E-state index in [1.807, 2.05) is 0 Å². The van der Waals surface area contributed by atoms with Gasteiger partial charge in [-0.25, -0.2) is 14.6 Å². The SMILES string of the molecule is CC(C)(C)OC(=O)Nc1c(C(=O)O)oc2cc(Br)cnc12. The van der Waals surface area contributed by atoms with Gasteiger partial charge in [0, 0.05) is 10.7 Å². The Hall–Kier alpha value is -2.09. The molecule has 0 spiro atoms. The van der Waals surface area contributed by atoms with Crippen LogP contribution in [0.3, 0.4) is 0 Å². The van der Waals surface area contributed by atoms with E-state index >= 15 is 0 Å². The number of carbonyl (C=O) groups excluding carboxylic acids is 1. The third-order valence-corrected chi connectivity index (χ3v) is 2.75. The maximum atomic E-state index is 11.8. The van der Waals surface area contributed by atoms with Gasteiger partial charge in [-0.3, -0.25) is 5.32 Å². The highest BCUT2D eigenvalue weighted by atomic mass is 79.9. The lowest BCUT2D eigenvalue weighted by atomic mass is 10.2. The van der Waals surface area contributed by atoms with Crippen LogP contribution in [-0.2, 0) is 4.74 Å². The number of amides is 1. The number of nitrogens with zero attached hydrogens (tertiary/aromatic N) is 1. The second-order valence-corrected chi connectivity index (χ2v) is 6.15. The first kappa shape index (κ1) is 15.3. The molecule has 0 bridgehead atoms. The Morgan fingerprint density at radius 3 is 2.67 bits per heavy atom. The molecule has 21 heavy (non-hydrogen) atoms. The number of fused-ring (bicyclic) bond motifs is 1. The largest absolute Gasteiger partial charge is 0.475 e. The predicted molar refractivity (Wildman–Crippen MR) is 78.5 cm³/mol. The van der Waals surface area contributed by atoms with E-state index < -0.39 is 23.4 Å². The number of anilines is 1. The second-order valence-electron chi connectivity index (χ2n) is 5.24. The molecule has 0 unspecified atom stereocenters. The molecule has 112 valence electrons. The summed E-state index contributed by atoms with van der Waals surface area (Å²) in [6, 6.07) is 1.56. The Balaban J connectivity index is 2.44. The van der Waals surface area contributed by atoms with Crippen molar-refractivity contribution in [2.75, 3.05) is 5.32 Å². The molecule has 2 N–H and O–H groups in total. The Labute approximate surface area is 128 Å². The molecule has 0 saturated carbocycles. The van der Waals surface area contributed by atoms with E-state index in [9.17, 15) is 9.59 Å². The maximum absolute atomic E-state index is 11.8. The van der Waals surface area contributed by atoms with Gasteiger partial charge in [0.1, 0.15) is 16.8 Å². The van der Waals surface area contributed by atoms with Gasteiger partial charge < -0.3 is 14.3 Å². The summed E-state index contributed by atoms with van der Waals surface area (Å²) in [7, 11) is 0. The highest BCUT2D eigenvalue weighted by Gasteiger charge is 2.25. The standard InChI is InChI=1S/C13H13BrN2O5/c1-13(2,3)21-12(19)16-9-8-7(4-6(14)5-15-8)20-10(9)11(17)18/h4-5H,1-3H3,(H,16,19)(H,17,18). The third-order valence-electron chi connectivity index (χ3n) is 2.32. The molecule has 2 heterocycles. The van der Waals surface area contributed by atoms with Gasteiger partial charge in [0.25, 0.3) is 0 Å². The highest BCUT2D eigenvalue weighted by Crippen LogP contribution is 2.31. The molecule has 0 fully saturated rings. The monoisotopic (exact) mass is 356 g/mol. The fourth-order valence-electron chi connectivity index (χ4n) is 1.63. The number of aromatic carboxylic acids is 1. The second kappa shape index (κ2) is 5.36. The van der Waals surface area contributed by atoms with E-state index in [4.69, 9.17) is 14.3 Å². The third kappa shape index (κ3) is 3.52. The number of pyridine rings is 1. The molecule has 0 saturated heterocycles. The molecule has 0 aromatic carbocycles. The topological polar surface area (TPSA) is 102 Å². The average molecular weight is 357 g/mol. The number of carbonyl (C=O) groups is 2. The minimum Gasteiger partial charge on any atom is -0.475 e. The van der Waals surface area contributed by atoms with Crippen molar-refractivity contribution in [3.63, 3.8) is 0 Å². The zero-order valence-electron chi connectivity index (χ0n) is 11.6. The van der Waals surface area contributed by atoms with E-state index in [1.165, 1.54) is 6.20 Å². The number of ether oxygens (including phenoxy) is 1. The van der Waals surface area contributed by atoms with Gasteiger partial charge in [-0.15, -0.1) is 0 Å². The van der Waals surface area contributed by atoms with Crippen LogP contribution < -0.4 is 5.32 Å². The van der Waals surface area contributed by atoms with Crippen molar-refractivity contribution in [1.82, 2.24) is 4.98 Å². The highest BCUT2D eigenvalue weighted by molar-refractivity contribution is 9.10. The van der Waals surface area contributed by atoms with Crippen molar-refractivity contribution in [2.24, 2.45) is 0 Å². The summed E-state index contributed by atoms with van der Waals surface area (Å²) >= 11 is 3.21. The van der Waals surface area contributed by atoms with Crippen LogP contribution in [0.25, 0.3) is 11.1 Å². The minimum absolute atomic E-state index is 0.0285. The van der Waals surface area contributed by atoms with Gasteiger partial charge in [0.15, 0.2) is 5.58 Å².